The molecule has 0 aliphatic carbocycles. The number of hydrogen-bond acceptors (Lipinski definition) is 4. The van der Waals surface area contributed by atoms with Gasteiger partial charge in [-0.15, -0.1) is 0 Å². The molecular formula is C13H18ClN3O2. The smallest absolute Gasteiger partial charge is 0.275 e. The van der Waals surface area contributed by atoms with Crippen molar-refractivity contribution in [2.24, 2.45) is 0 Å². The van der Waals surface area contributed by atoms with Crippen molar-refractivity contribution < 1.29 is 4.92 Å². The summed E-state index contributed by atoms with van der Waals surface area (Å²) in [6.45, 7) is 2.66. The number of benzene rings is 1. The minimum Gasteiger partial charge on any atom is -0.310 e. The van der Waals surface area contributed by atoms with E-state index in [-0.39, 0.29) is 10.6 Å². The molecule has 1 heterocycles. The third-order valence-corrected chi connectivity index (χ3v) is 3.78. The van der Waals surface area contributed by atoms with Crippen LogP contribution < -0.4 is 5.32 Å². The Morgan fingerprint density at radius 2 is 2.16 bits per heavy atom. The van der Waals surface area contributed by atoms with Crippen molar-refractivity contribution in [3.05, 3.63) is 38.9 Å². The van der Waals surface area contributed by atoms with Crippen molar-refractivity contribution in [2.75, 3.05) is 20.1 Å². The lowest BCUT2D eigenvalue weighted by molar-refractivity contribution is -0.385. The third kappa shape index (κ3) is 3.89. The summed E-state index contributed by atoms with van der Waals surface area (Å²) < 4.78 is 0. The summed E-state index contributed by atoms with van der Waals surface area (Å²) in [5.74, 6) is 0. The van der Waals surface area contributed by atoms with Crippen molar-refractivity contribution in [1.82, 2.24) is 10.2 Å². The number of rotatable bonds is 4. The van der Waals surface area contributed by atoms with E-state index in [4.69, 9.17) is 11.6 Å². The molecule has 104 valence electrons. The molecule has 1 N–H and O–H groups in total. The van der Waals surface area contributed by atoms with E-state index in [2.05, 4.69) is 17.3 Å². The van der Waals surface area contributed by atoms with Gasteiger partial charge < -0.3 is 10.2 Å². The molecule has 1 fully saturated rings. The van der Waals surface area contributed by atoms with E-state index in [1.165, 1.54) is 6.07 Å². The number of nitro benzene ring substituents is 1. The van der Waals surface area contributed by atoms with Gasteiger partial charge >= 0.3 is 0 Å². The maximum atomic E-state index is 11.0. The summed E-state index contributed by atoms with van der Waals surface area (Å²) >= 11 is 5.80. The first-order valence-corrected chi connectivity index (χ1v) is 6.79. The quantitative estimate of drug-likeness (QED) is 0.681. The number of nitrogens with one attached hydrogen (secondary N) is 1. The molecule has 0 saturated carbocycles. The van der Waals surface area contributed by atoms with E-state index in [9.17, 15) is 10.1 Å². The van der Waals surface area contributed by atoms with Gasteiger partial charge in [0.15, 0.2) is 0 Å². The van der Waals surface area contributed by atoms with Crippen LogP contribution in [0.25, 0.3) is 0 Å². The van der Waals surface area contributed by atoms with Crippen LogP contribution in [0.5, 0.6) is 0 Å². The second-order valence-corrected chi connectivity index (χ2v) is 5.43. The Labute approximate surface area is 117 Å². The molecule has 0 unspecified atom stereocenters. The molecule has 19 heavy (non-hydrogen) atoms. The molecule has 0 spiro atoms. The van der Waals surface area contributed by atoms with Gasteiger partial charge in [-0.2, -0.15) is 0 Å². The van der Waals surface area contributed by atoms with Crippen molar-refractivity contribution in [1.29, 1.82) is 0 Å². The second kappa shape index (κ2) is 6.32. The van der Waals surface area contributed by atoms with Crippen LogP contribution >= 0.6 is 11.6 Å². The molecule has 0 amide bonds. The van der Waals surface area contributed by atoms with Crippen LogP contribution in [-0.4, -0.2) is 36.0 Å². The van der Waals surface area contributed by atoms with E-state index in [0.29, 0.717) is 23.2 Å². The zero-order valence-corrected chi connectivity index (χ0v) is 11.7. The maximum absolute atomic E-state index is 11.0. The van der Waals surface area contributed by atoms with E-state index in [0.717, 1.165) is 25.9 Å². The van der Waals surface area contributed by atoms with Crippen LogP contribution in [0.1, 0.15) is 18.4 Å². The Kier molecular flexibility index (Phi) is 4.74. The summed E-state index contributed by atoms with van der Waals surface area (Å²) in [6.07, 6.45) is 2.16. The minimum absolute atomic E-state index is 0.0907. The third-order valence-electron chi connectivity index (χ3n) is 3.54. The summed E-state index contributed by atoms with van der Waals surface area (Å²) in [4.78, 5) is 12.9. The lowest BCUT2D eigenvalue weighted by Gasteiger charge is -2.29. The van der Waals surface area contributed by atoms with Crippen molar-refractivity contribution in [3.63, 3.8) is 0 Å². The average molecular weight is 284 g/mol. The number of halogens is 1. The molecule has 1 aliphatic rings. The van der Waals surface area contributed by atoms with Gasteiger partial charge in [-0.1, -0.05) is 11.6 Å². The van der Waals surface area contributed by atoms with E-state index >= 15 is 0 Å². The Hall–Kier alpha value is -1.17. The van der Waals surface area contributed by atoms with Crippen LogP contribution in [0.4, 0.5) is 5.69 Å². The zero-order valence-electron chi connectivity index (χ0n) is 10.9. The zero-order chi connectivity index (χ0) is 13.8. The first-order valence-electron chi connectivity index (χ1n) is 6.41. The summed E-state index contributed by atoms with van der Waals surface area (Å²) in [6, 6.07) is 5.27. The molecular weight excluding hydrogens is 266 g/mol. The first kappa shape index (κ1) is 14.2. The molecule has 0 radical (unpaired) electrons. The fraction of sp³-hybridized carbons (Fsp3) is 0.538. The molecule has 1 saturated heterocycles. The predicted molar refractivity (Wildman–Crippen MR) is 75.5 cm³/mol. The largest absolute Gasteiger partial charge is 0.310 e. The van der Waals surface area contributed by atoms with Gasteiger partial charge in [0.1, 0.15) is 0 Å². The van der Waals surface area contributed by atoms with Crippen LogP contribution in [0.2, 0.25) is 5.02 Å². The van der Waals surface area contributed by atoms with Crippen LogP contribution in [-0.2, 0) is 6.54 Å². The second-order valence-electron chi connectivity index (χ2n) is 4.99. The SMILES string of the molecule is CN1CCC(NCc2ccc(Cl)cc2[N+](=O)[O-])CC1. The summed E-state index contributed by atoms with van der Waals surface area (Å²) in [5, 5.41) is 14.8. The monoisotopic (exact) mass is 283 g/mol. The van der Waals surface area contributed by atoms with Crippen LogP contribution in [0, 0.1) is 10.1 Å². The molecule has 0 atom stereocenters. The topological polar surface area (TPSA) is 58.4 Å². The maximum Gasteiger partial charge on any atom is 0.275 e. The Bertz CT molecular complexity index is 459. The highest BCUT2D eigenvalue weighted by atomic mass is 35.5. The highest BCUT2D eigenvalue weighted by molar-refractivity contribution is 6.30. The molecule has 1 aromatic rings. The van der Waals surface area contributed by atoms with Gasteiger partial charge in [-0.3, -0.25) is 10.1 Å². The highest BCUT2D eigenvalue weighted by Crippen LogP contribution is 2.23. The van der Waals surface area contributed by atoms with E-state index < -0.39 is 0 Å². The molecule has 1 aliphatic heterocycles. The molecule has 5 nitrogen and oxygen atoms in total. The minimum atomic E-state index is -0.377. The van der Waals surface area contributed by atoms with E-state index in [1.807, 2.05) is 0 Å². The number of hydrogen-bond donors (Lipinski definition) is 1. The van der Waals surface area contributed by atoms with Crippen molar-refractivity contribution in [2.45, 2.75) is 25.4 Å². The molecule has 0 aromatic heterocycles. The fourth-order valence-corrected chi connectivity index (χ4v) is 2.49. The van der Waals surface area contributed by atoms with E-state index in [1.54, 1.807) is 12.1 Å². The molecule has 1 aromatic carbocycles. The Morgan fingerprint density at radius 3 is 2.79 bits per heavy atom. The summed E-state index contributed by atoms with van der Waals surface area (Å²) in [5.41, 5.74) is 0.779. The lowest BCUT2D eigenvalue weighted by atomic mass is 10.0. The van der Waals surface area contributed by atoms with Gasteiger partial charge in [0.05, 0.1) is 4.92 Å². The Balaban J connectivity index is 1.97. The average Bonchev–Trinajstić information content (AvgIpc) is 2.39. The van der Waals surface area contributed by atoms with Crippen molar-refractivity contribution >= 4 is 17.3 Å². The molecule has 6 heteroatoms. The van der Waals surface area contributed by atoms with Gasteiger partial charge in [0.25, 0.3) is 5.69 Å². The predicted octanol–water partition coefficient (Wildman–Crippen LogP) is 2.43. The van der Waals surface area contributed by atoms with Gasteiger partial charge in [-0.25, -0.2) is 0 Å². The number of nitrogens with zero attached hydrogens (tertiary/aromatic N) is 2. The Morgan fingerprint density at radius 1 is 1.47 bits per heavy atom. The number of nitro groups is 1. The van der Waals surface area contributed by atoms with Crippen molar-refractivity contribution in [3.8, 4) is 0 Å². The molecule has 0 bridgehead atoms. The van der Waals surface area contributed by atoms with Gasteiger partial charge in [0, 0.05) is 29.2 Å². The van der Waals surface area contributed by atoms with Crippen LogP contribution in [0.3, 0.4) is 0 Å². The normalized spacial score (nSPS) is 17.6. The van der Waals surface area contributed by atoms with Crippen LogP contribution in [0.15, 0.2) is 18.2 Å². The van der Waals surface area contributed by atoms with Gasteiger partial charge in [-0.05, 0) is 45.1 Å². The standard InChI is InChI=1S/C13H18ClN3O2/c1-16-6-4-12(5-7-16)15-9-10-2-3-11(14)8-13(10)17(18)19/h2-3,8,12,15H,4-7,9H2,1H3. The lowest BCUT2D eigenvalue weighted by Crippen LogP contribution is -2.40. The number of piperidine rings is 1. The number of likely N-dealkylation sites (tertiary alicyclic amines) is 1. The first-order chi connectivity index (χ1) is 9.06. The molecule has 2 rings (SSSR count). The van der Waals surface area contributed by atoms with Gasteiger partial charge in [0.2, 0.25) is 0 Å². The summed E-state index contributed by atoms with van der Waals surface area (Å²) in [7, 11) is 2.11. The fourth-order valence-electron chi connectivity index (χ4n) is 2.32. The highest BCUT2D eigenvalue weighted by Gasteiger charge is 2.18.